The Morgan fingerprint density at radius 2 is 1.46 bits per heavy atom. The lowest BCUT2D eigenvalue weighted by Crippen LogP contribution is -2.24. The molecule has 2 aromatic rings. The number of carbonyl (C=O) groups excluding carboxylic acids is 1. The maximum absolute atomic E-state index is 12.9. The number of hydrogen-bond donors (Lipinski definition) is 1. The molecule has 2 rings (SSSR count). The molecule has 5 heteroatoms. The van der Waals surface area contributed by atoms with Crippen LogP contribution >= 0.6 is 0 Å². The van der Waals surface area contributed by atoms with E-state index >= 15 is 0 Å². The van der Waals surface area contributed by atoms with E-state index in [1.54, 1.807) is 27.4 Å². The van der Waals surface area contributed by atoms with Crippen LogP contribution in [0.3, 0.4) is 0 Å². The fourth-order valence-corrected chi connectivity index (χ4v) is 3.13. The number of hydrogen-bond acceptors (Lipinski definition) is 4. The summed E-state index contributed by atoms with van der Waals surface area (Å²) >= 11 is 0. The van der Waals surface area contributed by atoms with Gasteiger partial charge in [0, 0.05) is 23.7 Å². The first-order chi connectivity index (χ1) is 13.3. The number of rotatable bonds is 8. The highest BCUT2D eigenvalue weighted by molar-refractivity contribution is 5.96. The number of ether oxygens (including phenoxy) is 3. The Morgan fingerprint density at radius 1 is 0.857 bits per heavy atom. The average Bonchev–Trinajstić information content (AvgIpc) is 2.70. The molecule has 0 aliphatic rings. The van der Waals surface area contributed by atoms with Gasteiger partial charge in [0.25, 0.3) is 5.91 Å². The summed E-state index contributed by atoms with van der Waals surface area (Å²) in [5.41, 5.74) is 3.82. The van der Waals surface area contributed by atoms with Crippen LogP contribution in [-0.2, 0) is 6.54 Å². The number of carbonyl (C=O) groups is 1. The molecule has 1 amide bonds. The van der Waals surface area contributed by atoms with Crippen LogP contribution in [-0.4, -0.2) is 27.2 Å². The van der Waals surface area contributed by atoms with E-state index in [0.717, 1.165) is 11.1 Å². The minimum absolute atomic E-state index is 0.101. The quantitative estimate of drug-likeness (QED) is 0.703. The van der Waals surface area contributed by atoms with Crippen molar-refractivity contribution in [1.29, 1.82) is 0 Å². The van der Waals surface area contributed by atoms with Gasteiger partial charge >= 0.3 is 0 Å². The van der Waals surface area contributed by atoms with E-state index in [9.17, 15) is 4.79 Å². The van der Waals surface area contributed by atoms with Crippen molar-refractivity contribution in [3.63, 3.8) is 0 Å². The number of nitrogens with one attached hydrogen (secondary N) is 1. The number of benzene rings is 2. The van der Waals surface area contributed by atoms with Crippen molar-refractivity contribution < 1.29 is 19.0 Å². The molecule has 0 atom stereocenters. The first-order valence-electron chi connectivity index (χ1n) is 9.53. The van der Waals surface area contributed by atoms with Crippen LogP contribution in [0.2, 0.25) is 0 Å². The first-order valence-corrected chi connectivity index (χ1v) is 9.53. The van der Waals surface area contributed by atoms with Crippen LogP contribution in [0.1, 0.15) is 66.6 Å². The molecule has 0 heterocycles. The highest BCUT2D eigenvalue weighted by Gasteiger charge is 2.17. The molecule has 2 aromatic carbocycles. The molecule has 0 spiro atoms. The Kier molecular flexibility index (Phi) is 7.32. The fourth-order valence-electron chi connectivity index (χ4n) is 3.13. The van der Waals surface area contributed by atoms with E-state index in [0.29, 0.717) is 35.3 Å². The van der Waals surface area contributed by atoms with Crippen LogP contribution < -0.4 is 19.5 Å². The van der Waals surface area contributed by atoms with Crippen LogP contribution in [0, 0.1) is 0 Å². The van der Waals surface area contributed by atoms with Gasteiger partial charge in [0.05, 0.1) is 21.3 Å². The molecule has 0 unspecified atom stereocenters. The van der Waals surface area contributed by atoms with E-state index < -0.39 is 0 Å². The van der Waals surface area contributed by atoms with E-state index in [1.807, 2.05) is 18.2 Å². The Labute approximate surface area is 168 Å². The Hall–Kier alpha value is -2.69. The van der Waals surface area contributed by atoms with Gasteiger partial charge in [0.15, 0.2) is 11.5 Å². The summed E-state index contributed by atoms with van der Waals surface area (Å²) in [4.78, 5) is 12.9. The maximum Gasteiger partial charge on any atom is 0.251 e. The fraction of sp³-hybridized carbons (Fsp3) is 0.435. The van der Waals surface area contributed by atoms with Crippen LogP contribution in [0.15, 0.2) is 30.3 Å². The predicted octanol–water partition coefficient (Wildman–Crippen LogP) is 4.89. The molecule has 28 heavy (non-hydrogen) atoms. The lowest BCUT2D eigenvalue weighted by atomic mass is 9.91. The lowest BCUT2D eigenvalue weighted by molar-refractivity contribution is 0.0949. The van der Waals surface area contributed by atoms with Gasteiger partial charge in [-0.15, -0.1) is 0 Å². The smallest absolute Gasteiger partial charge is 0.251 e. The summed E-state index contributed by atoms with van der Waals surface area (Å²) in [5.74, 6) is 2.39. The molecule has 0 saturated carbocycles. The molecule has 0 aromatic heterocycles. The molecule has 0 saturated heterocycles. The highest BCUT2D eigenvalue weighted by atomic mass is 16.5. The van der Waals surface area contributed by atoms with E-state index in [1.165, 1.54) is 5.56 Å². The number of methoxy groups -OCH3 is 3. The molecular formula is C23H31NO4. The Morgan fingerprint density at radius 3 is 2.00 bits per heavy atom. The van der Waals surface area contributed by atoms with Crippen molar-refractivity contribution >= 4 is 5.91 Å². The predicted molar refractivity (Wildman–Crippen MR) is 112 cm³/mol. The minimum Gasteiger partial charge on any atom is -0.496 e. The van der Waals surface area contributed by atoms with E-state index in [2.05, 4.69) is 39.1 Å². The monoisotopic (exact) mass is 385 g/mol. The van der Waals surface area contributed by atoms with Crippen LogP contribution in [0.5, 0.6) is 17.2 Å². The van der Waals surface area contributed by atoms with Gasteiger partial charge < -0.3 is 19.5 Å². The second-order valence-corrected chi connectivity index (χ2v) is 7.36. The van der Waals surface area contributed by atoms with Crippen LogP contribution in [0.25, 0.3) is 0 Å². The molecule has 0 radical (unpaired) electrons. The maximum atomic E-state index is 12.9. The second kappa shape index (κ2) is 9.49. The normalized spacial score (nSPS) is 10.9. The Balaban J connectivity index is 2.27. The van der Waals surface area contributed by atoms with Gasteiger partial charge in [-0.25, -0.2) is 0 Å². The van der Waals surface area contributed by atoms with Crippen molar-refractivity contribution in [3.05, 3.63) is 52.6 Å². The molecule has 0 aliphatic carbocycles. The van der Waals surface area contributed by atoms with Gasteiger partial charge in [-0.1, -0.05) is 39.8 Å². The van der Waals surface area contributed by atoms with Gasteiger partial charge in [0.2, 0.25) is 0 Å². The zero-order chi connectivity index (χ0) is 20.8. The molecule has 1 N–H and O–H groups in total. The summed E-state index contributed by atoms with van der Waals surface area (Å²) in [5, 5.41) is 3.01. The third kappa shape index (κ3) is 4.77. The van der Waals surface area contributed by atoms with Crippen molar-refractivity contribution in [2.24, 2.45) is 0 Å². The topological polar surface area (TPSA) is 56.8 Å². The zero-order valence-corrected chi connectivity index (χ0v) is 17.9. The van der Waals surface area contributed by atoms with Gasteiger partial charge in [0.1, 0.15) is 5.75 Å². The SMILES string of the molecule is COc1cc(OC)c(OC)cc1CNC(=O)c1ccc(C(C)C)cc1C(C)C. The molecule has 0 bridgehead atoms. The zero-order valence-electron chi connectivity index (χ0n) is 17.9. The van der Waals surface area contributed by atoms with Crippen molar-refractivity contribution in [1.82, 2.24) is 5.32 Å². The van der Waals surface area contributed by atoms with Crippen molar-refractivity contribution in [3.8, 4) is 17.2 Å². The largest absolute Gasteiger partial charge is 0.496 e. The molecule has 0 aliphatic heterocycles. The molecule has 152 valence electrons. The van der Waals surface area contributed by atoms with Crippen LogP contribution in [0.4, 0.5) is 0 Å². The minimum atomic E-state index is -0.101. The summed E-state index contributed by atoms with van der Waals surface area (Å²) < 4.78 is 16.1. The standard InChI is InChI=1S/C23H31NO4/c1-14(2)16-8-9-18(19(10-16)15(3)4)23(25)24-13-17-11-21(27-6)22(28-7)12-20(17)26-5/h8-12,14-15H,13H2,1-7H3,(H,24,25). The van der Waals surface area contributed by atoms with Crippen molar-refractivity contribution in [2.75, 3.05) is 21.3 Å². The molecule has 5 nitrogen and oxygen atoms in total. The summed E-state index contributed by atoms with van der Waals surface area (Å²) in [6, 6.07) is 9.68. The summed E-state index contributed by atoms with van der Waals surface area (Å²) in [7, 11) is 4.75. The summed E-state index contributed by atoms with van der Waals surface area (Å²) in [6.07, 6.45) is 0. The highest BCUT2D eigenvalue weighted by Crippen LogP contribution is 2.34. The second-order valence-electron chi connectivity index (χ2n) is 7.36. The van der Waals surface area contributed by atoms with E-state index in [-0.39, 0.29) is 11.8 Å². The Bertz CT molecular complexity index is 828. The first kappa shape index (κ1) is 21.6. The summed E-state index contributed by atoms with van der Waals surface area (Å²) in [6.45, 7) is 8.85. The van der Waals surface area contributed by atoms with Gasteiger partial charge in [-0.05, 0) is 35.1 Å². The molecule has 0 fully saturated rings. The third-order valence-corrected chi connectivity index (χ3v) is 4.83. The van der Waals surface area contributed by atoms with E-state index in [4.69, 9.17) is 14.2 Å². The molecular weight excluding hydrogens is 354 g/mol. The van der Waals surface area contributed by atoms with Gasteiger partial charge in [-0.2, -0.15) is 0 Å². The van der Waals surface area contributed by atoms with Crippen molar-refractivity contribution in [2.45, 2.75) is 46.1 Å². The van der Waals surface area contributed by atoms with Gasteiger partial charge in [-0.3, -0.25) is 4.79 Å². The number of amides is 1. The third-order valence-electron chi connectivity index (χ3n) is 4.83. The lowest BCUT2D eigenvalue weighted by Gasteiger charge is -2.17. The average molecular weight is 386 g/mol.